The largest absolute Gasteiger partial charge is 0.497 e. The molecule has 0 saturated carbocycles. The SMILES string of the molecule is C=C(C(=O)c1cc(OC)cc(OC)c1)c1cc(Nc2cccc(Cl)c2)cnc1N. The number of nitrogens with two attached hydrogens (primary N) is 1. The highest BCUT2D eigenvalue weighted by Crippen LogP contribution is 2.30. The highest BCUT2D eigenvalue weighted by atomic mass is 35.5. The van der Waals surface area contributed by atoms with Gasteiger partial charge in [0.15, 0.2) is 5.78 Å². The number of hydrogen-bond acceptors (Lipinski definition) is 6. The number of carbonyl (C=O) groups excluding carboxylic acids is 1. The van der Waals surface area contributed by atoms with Crippen molar-refractivity contribution in [3.05, 3.63) is 77.5 Å². The summed E-state index contributed by atoms with van der Waals surface area (Å²) in [6.07, 6.45) is 1.58. The summed E-state index contributed by atoms with van der Waals surface area (Å²) in [7, 11) is 3.04. The van der Waals surface area contributed by atoms with Gasteiger partial charge in [-0.15, -0.1) is 0 Å². The van der Waals surface area contributed by atoms with Crippen LogP contribution < -0.4 is 20.5 Å². The van der Waals surface area contributed by atoms with E-state index >= 15 is 0 Å². The zero-order valence-electron chi connectivity index (χ0n) is 16.0. The summed E-state index contributed by atoms with van der Waals surface area (Å²) < 4.78 is 10.5. The fraction of sp³-hybridized carbons (Fsp3) is 0.0909. The second-order valence-corrected chi connectivity index (χ2v) is 6.64. The van der Waals surface area contributed by atoms with Gasteiger partial charge in [-0.05, 0) is 36.4 Å². The third-order valence-electron chi connectivity index (χ3n) is 4.24. The number of methoxy groups -OCH3 is 2. The molecule has 0 fully saturated rings. The first-order chi connectivity index (χ1) is 13.9. The molecule has 0 aliphatic carbocycles. The van der Waals surface area contributed by atoms with E-state index in [0.717, 1.165) is 5.69 Å². The quantitative estimate of drug-likeness (QED) is 0.423. The Balaban J connectivity index is 1.91. The number of benzene rings is 2. The Morgan fingerprint density at radius 2 is 1.76 bits per heavy atom. The normalized spacial score (nSPS) is 10.3. The second-order valence-electron chi connectivity index (χ2n) is 6.20. The van der Waals surface area contributed by atoms with Crippen molar-refractivity contribution in [3.63, 3.8) is 0 Å². The maximum absolute atomic E-state index is 13.0. The van der Waals surface area contributed by atoms with Crippen molar-refractivity contribution in [1.29, 1.82) is 0 Å². The van der Waals surface area contributed by atoms with Crippen molar-refractivity contribution in [1.82, 2.24) is 4.98 Å². The van der Waals surface area contributed by atoms with Gasteiger partial charge in [0.1, 0.15) is 17.3 Å². The number of ether oxygens (including phenoxy) is 2. The standard InChI is InChI=1S/C22H20ClN3O3/c1-13(21(27)14-7-18(28-2)11-19(8-14)29-3)20-10-17(12-25-22(20)24)26-16-6-4-5-15(23)9-16/h4-12,26H,1H2,2-3H3,(H2,24,25). The Morgan fingerprint density at radius 3 is 2.38 bits per heavy atom. The number of aromatic nitrogens is 1. The molecular formula is C22H20ClN3O3. The van der Waals surface area contributed by atoms with Crippen LogP contribution >= 0.6 is 11.6 Å². The predicted molar refractivity (Wildman–Crippen MR) is 116 cm³/mol. The minimum Gasteiger partial charge on any atom is -0.497 e. The molecule has 29 heavy (non-hydrogen) atoms. The lowest BCUT2D eigenvalue weighted by Gasteiger charge is -2.13. The van der Waals surface area contributed by atoms with Crippen LogP contribution in [0.2, 0.25) is 5.02 Å². The van der Waals surface area contributed by atoms with E-state index < -0.39 is 0 Å². The Hall–Kier alpha value is -3.51. The van der Waals surface area contributed by atoms with Crippen molar-refractivity contribution in [3.8, 4) is 11.5 Å². The van der Waals surface area contributed by atoms with Crippen LogP contribution in [-0.2, 0) is 0 Å². The average Bonchev–Trinajstić information content (AvgIpc) is 2.73. The summed E-state index contributed by atoms with van der Waals surface area (Å²) in [5.41, 5.74) is 8.46. The van der Waals surface area contributed by atoms with Crippen LogP contribution in [0.15, 0.2) is 61.3 Å². The summed E-state index contributed by atoms with van der Waals surface area (Å²) in [5.74, 6) is 0.899. The molecule has 0 unspecified atom stereocenters. The fourth-order valence-corrected chi connectivity index (χ4v) is 2.94. The van der Waals surface area contributed by atoms with Gasteiger partial charge in [0.05, 0.1) is 26.1 Å². The zero-order valence-corrected chi connectivity index (χ0v) is 16.8. The molecule has 0 radical (unpaired) electrons. The molecule has 3 aromatic rings. The molecule has 3 N–H and O–H groups in total. The number of nitrogens with zero attached hydrogens (tertiary/aromatic N) is 1. The van der Waals surface area contributed by atoms with Gasteiger partial charge in [-0.25, -0.2) is 4.98 Å². The Morgan fingerprint density at radius 1 is 1.07 bits per heavy atom. The number of hydrogen-bond donors (Lipinski definition) is 2. The number of Topliss-reactive ketones (excluding diaryl/α,β-unsaturated/α-hetero) is 1. The molecule has 0 atom stereocenters. The number of allylic oxidation sites excluding steroid dienone is 1. The number of rotatable bonds is 7. The van der Waals surface area contributed by atoms with Gasteiger partial charge in [-0.3, -0.25) is 4.79 Å². The third-order valence-corrected chi connectivity index (χ3v) is 4.48. The van der Waals surface area contributed by atoms with E-state index in [4.69, 9.17) is 26.8 Å². The summed E-state index contributed by atoms with van der Waals surface area (Å²) in [5, 5.41) is 3.79. The summed E-state index contributed by atoms with van der Waals surface area (Å²) in [4.78, 5) is 17.2. The van der Waals surface area contributed by atoms with Gasteiger partial charge in [0, 0.05) is 33.5 Å². The predicted octanol–water partition coefficient (Wildman–Crippen LogP) is 4.97. The molecule has 0 bridgehead atoms. The molecule has 7 heteroatoms. The second kappa shape index (κ2) is 8.67. The number of nitrogen functional groups attached to an aromatic ring is 1. The molecule has 0 amide bonds. The van der Waals surface area contributed by atoms with Crippen molar-refractivity contribution >= 4 is 40.1 Å². The van der Waals surface area contributed by atoms with E-state index in [1.165, 1.54) is 14.2 Å². The van der Waals surface area contributed by atoms with Crippen molar-refractivity contribution in [2.45, 2.75) is 0 Å². The monoisotopic (exact) mass is 409 g/mol. The van der Waals surface area contributed by atoms with Crippen LogP contribution in [0.4, 0.5) is 17.2 Å². The lowest BCUT2D eigenvalue weighted by molar-refractivity contribution is 0.105. The molecule has 3 rings (SSSR count). The van der Waals surface area contributed by atoms with E-state index in [-0.39, 0.29) is 17.2 Å². The smallest absolute Gasteiger partial charge is 0.193 e. The van der Waals surface area contributed by atoms with Gasteiger partial charge < -0.3 is 20.5 Å². The van der Waals surface area contributed by atoms with E-state index in [2.05, 4.69) is 16.9 Å². The first-order valence-corrected chi connectivity index (χ1v) is 9.04. The van der Waals surface area contributed by atoms with Gasteiger partial charge in [-0.2, -0.15) is 0 Å². The number of anilines is 3. The summed E-state index contributed by atoms with van der Waals surface area (Å²) >= 11 is 6.02. The number of nitrogens with one attached hydrogen (secondary N) is 1. The van der Waals surface area contributed by atoms with Crippen LogP contribution in [0.3, 0.4) is 0 Å². The van der Waals surface area contributed by atoms with Gasteiger partial charge in [0.25, 0.3) is 0 Å². The number of pyridine rings is 1. The number of carbonyl (C=O) groups is 1. The molecule has 148 valence electrons. The van der Waals surface area contributed by atoms with E-state index in [9.17, 15) is 4.79 Å². The van der Waals surface area contributed by atoms with Crippen molar-refractivity contribution < 1.29 is 14.3 Å². The molecule has 6 nitrogen and oxygen atoms in total. The van der Waals surface area contributed by atoms with Crippen molar-refractivity contribution in [2.75, 3.05) is 25.3 Å². The fourth-order valence-electron chi connectivity index (χ4n) is 2.75. The van der Waals surface area contributed by atoms with Crippen molar-refractivity contribution in [2.24, 2.45) is 0 Å². The molecule has 1 heterocycles. The number of ketones is 1. The molecule has 2 aromatic carbocycles. The van der Waals surface area contributed by atoms with Gasteiger partial charge >= 0.3 is 0 Å². The Kier molecular flexibility index (Phi) is 6.04. The maximum atomic E-state index is 13.0. The molecule has 0 spiro atoms. The Labute approximate surface area is 173 Å². The lowest BCUT2D eigenvalue weighted by atomic mass is 9.98. The van der Waals surface area contributed by atoms with E-state index in [1.807, 2.05) is 12.1 Å². The molecular weight excluding hydrogens is 390 g/mol. The molecule has 0 aliphatic heterocycles. The highest BCUT2D eigenvalue weighted by Gasteiger charge is 2.18. The summed E-state index contributed by atoms with van der Waals surface area (Å²) in [6, 6.07) is 13.9. The Bertz CT molecular complexity index is 1060. The summed E-state index contributed by atoms with van der Waals surface area (Å²) in [6.45, 7) is 3.94. The minimum atomic E-state index is -0.310. The van der Waals surface area contributed by atoms with Gasteiger partial charge in [-0.1, -0.05) is 24.2 Å². The molecule has 0 aliphatic rings. The van der Waals surface area contributed by atoms with Crippen LogP contribution in [0.1, 0.15) is 15.9 Å². The topological polar surface area (TPSA) is 86.5 Å². The van der Waals surface area contributed by atoms with Crippen LogP contribution in [0.5, 0.6) is 11.5 Å². The first-order valence-electron chi connectivity index (χ1n) is 8.66. The van der Waals surface area contributed by atoms with Crippen LogP contribution in [-0.4, -0.2) is 25.0 Å². The third kappa shape index (κ3) is 4.67. The van der Waals surface area contributed by atoms with E-state index in [1.54, 1.807) is 42.6 Å². The minimum absolute atomic E-state index is 0.204. The van der Waals surface area contributed by atoms with E-state index in [0.29, 0.717) is 33.3 Å². The lowest BCUT2D eigenvalue weighted by Crippen LogP contribution is -2.07. The molecule has 0 saturated heterocycles. The maximum Gasteiger partial charge on any atom is 0.193 e. The van der Waals surface area contributed by atoms with Crippen LogP contribution in [0, 0.1) is 0 Å². The molecule has 1 aromatic heterocycles. The average molecular weight is 410 g/mol. The zero-order chi connectivity index (χ0) is 21.0. The van der Waals surface area contributed by atoms with Crippen LogP contribution in [0.25, 0.3) is 5.57 Å². The van der Waals surface area contributed by atoms with Gasteiger partial charge in [0.2, 0.25) is 0 Å². The number of halogens is 1. The highest BCUT2D eigenvalue weighted by molar-refractivity contribution is 6.31. The first kappa shape index (κ1) is 20.2.